The first kappa shape index (κ1) is 21.5. The number of hydrogen-bond acceptors (Lipinski definition) is 4. The monoisotopic (exact) mass is 442 g/mol. The second-order valence-electron chi connectivity index (χ2n) is 6.32. The van der Waals surface area contributed by atoms with E-state index in [0.717, 1.165) is 18.2 Å². The zero-order valence-electron chi connectivity index (χ0n) is 15.0. The molecule has 0 bridgehead atoms. The Bertz CT molecular complexity index is 1240. The van der Waals surface area contributed by atoms with Crippen LogP contribution in [0.25, 0.3) is 16.8 Å². The molecule has 12 heteroatoms. The molecule has 0 fully saturated rings. The van der Waals surface area contributed by atoms with Crippen LogP contribution in [0.4, 0.5) is 17.6 Å². The first-order chi connectivity index (χ1) is 13.9. The highest BCUT2D eigenvalue weighted by molar-refractivity contribution is 7.89. The van der Waals surface area contributed by atoms with Crippen LogP contribution in [0.3, 0.4) is 0 Å². The average Bonchev–Trinajstić information content (AvgIpc) is 3.10. The second kappa shape index (κ2) is 7.54. The number of rotatable bonds is 5. The maximum absolute atomic E-state index is 13.8. The van der Waals surface area contributed by atoms with Crippen LogP contribution in [-0.4, -0.2) is 24.1 Å². The van der Waals surface area contributed by atoms with Crippen molar-refractivity contribution in [1.29, 1.82) is 0 Å². The number of carbonyl (C=O) groups excluding carboxylic acids is 1. The van der Waals surface area contributed by atoms with Crippen molar-refractivity contribution in [3.05, 3.63) is 65.7 Å². The van der Waals surface area contributed by atoms with Gasteiger partial charge in [-0.05, 0) is 29.3 Å². The smallest absolute Gasteiger partial charge is 0.369 e. The molecule has 158 valence electrons. The van der Waals surface area contributed by atoms with Gasteiger partial charge in [0.25, 0.3) is 0 Å². The van der Waals surface area contributed by atoms with E-state index in [9.17, 15) is 30.8 Å². The lowest BCUT2D eigenvalue weighted by Gasteiger charge is -2.17. The third-order valence-electron chi connectivity index (χ3n) is 4.14. The number of benzene rings is 2. The normalized spacial score (nSPS) is 12.2. The van der Waals surface area contributed by atoms with Gasteiger partial charge in [0.1, 0.15) is 10.7 Å². The van der Waals surface area contributed by atoms with Crippen molar-refractivity contribution < 1.29 is 30.8 Å². The number of amides is 1. The molecule has 4 N–H and O–H groups in total. The average molecular weight is 442 g/mol. The van der Waals surface area contributed by atoms with E-state index in [0.29, 0.717) is 17.1 Å². The van der Waals surface area contributed by atoms with Crippen molar-refractivity contribution in [3.63, 3.8) is 0 Å². The topological polar surface area (TPSA) is 121 Å². The Kier molecular flexibility index (Phi) is 5.39. The van der Waals surface area contributed by atoms with E-state index < -0.39 is 44.8 Å². The third kappa shape index (κ3) is 4.33. The molecule has 1 aromatic heterocycles. The number of alkyl halides is 3. The van der Waals surface area contributed by atoms with Crippen LogP contribution in [0.2, 0.25) is 0 Å². The third-order valence-corrected chi connectivity index (χ3v) is 5.12. The zero-order chi connectivity index (χ0) is 22.3. The molecular weight excluding hydrogens is 428 g/mol. The lowest BCUT2D eigenvalue weighted by molar-refractivity contribution is -0.137. The minimum absolute atomic E-state index is 0.0420. The van der Waals surface area contributed by atoms with E-state index in [4.69, 9.17) is 10.9 Å². The van der Waals surface area contributed by atoms with Crippen molar-refractivity contribution in [2.24, 2.45) is 10.9 Å². The summed E-state index contributed by atoms with van der Waals surface area (Å²) in [7, 11) is -4.57. The van der Waals surface area contributed by atoms with Gasteiger partial charge in [-0.3, -0.25) is 4.79 Å². The van der Waals surface area contributed by atoms with E-state index in [1.807, 2.05) is 0 Å². The van der Waals surface area contributed by atoms with Crippen LogP contribution in [0, 0.1) is 5.82 Å². The summed E-state index contributed by atoms with van der Waals surface area (Å²) in [5, 5.41) is 8.94. The van der Waals surface area contributed by atoms with Crippen molar-refractivity contribution >= 4 is 15.9 Å². The Morgan fingerprint density at radius 3 is 2.40 bits per heavy atom. The highest BCUT2D eigenvalue weighted by Crippen LogP contribution is 2.36. The fourth-order valence-electron chi connectivity index (χ4n) is 2.98. The van der Waals surface area contributed by atoms with Crippen LogP contribution >= 0.6 is 0 Å². The van der Waals surface area contributed by atoms with Crippen molar-refractivity contribution in [3.8, 4) is 16.8 Å². The molecule has 0 aliphatic rings. The Balaban J connectivity index is 2.39. The van der Waals surface area contributed by atoms with Gasteiger partial charge in [0, 0.05) is 11.8 Å². The molecule has 0 aliphatic carbocycles. The molecule has 1 amide bonds. The molecule has 0 radical (unpaired) electrons. The molecule has 3 rings (SSSR count). The van der Waals surface area contributed by atoms with Gasteiger partial charge in [-0.25, -0.2) is 22.6 Å². The summed E-state index contributed by atoms with van der Waals surface area (Å²) in [6.45, 7) is 0. The Morgan fingerprint density at radius 2 is 1.87 bits per heavy atom. The van der Waals surface area contributed by atoms with E-state index in [1.165, 1.54) is 18.2 Å². The van der Waals surface area contributed by atoms with Crippen LogP contribution in [0.5, 0.6) is 0 Å². The standard InChI is InChI=1S/C18H14F4N4O3S/c19-13-3-1-2-10(6-13)16-11(7-15(23)27)4-5-14(17(16)30(24,28)29)26-9-12(8-25-26)18(20,21)22/h1-6,8-9H,7H2,(H2,23,27)(H2,24,28,29). The molecule has 0 saturated carbocycles. The number of nitrogens with two attached hydrogens (primary N) is 2. The van der Waals surface area contributed by atoms with E-state index in [2.05, 4.69) is 5.10 Å². The molecule has 0 atom stereocenters. The van der Waals surface area contributed by atoms with Gasteiger partial charge in [0.2, 0.25) is 15.9 Å². The largest absolute Gasteiger partial charge is 0.419 e. The number of carbonyl (C=O) groups is 1. The van der Waals surface area contributed by atoms with E-state index >= 15 is 0 Å². The summed E-state index contributed by atoms with van der Waals surface area (Å²) in [4.78, 5) is 10.9. The van der Waals surface area contributed by atoms with Gasteiger partial charge in [-0.1, -0.05) is 18.2 Å². The highest BCUT2D eigenvalue weighted by Gasteiger charge is 2.33. The first-order valence-electron chi connectivity index (χ1n) is 8.23. The molecule has 0 saturated heterocycles. The highest BCUT2D eigenvalue weighted by atomic mass is 32.2. The molecular formula is C18H14F4N4O3S. The molecule has 2 aromatic carbocycles. The number of aromatic nitrogens is 2. The Morgan fingerprint density at radius 1 is 1.17 bits per heavy atom. The van der Waals surface area contributed by atoms with Crippen LogP contribution < -0.4 is 10.9 Å². The van der Waals surface area contributed by atoms with E-state index in [-0.39, 0.29) is 22.4 Å². The summed E-state index contributed by atoms with van der Waals surface area (Å²) >= 11 is 0. The number of nitrogens with zero attached hydrogens (tertiary/aromatic N) is 2. The lowest BCUT2D eigenvalue weighted by atomic mass is 9.96. The predicted octanol–water partition coefficient (Wildman–Crippen LogP) is 2.37. The summed E-state index contributed by atoms with van der Waals surface area (Å²) in [6, 6.07) is 7.22. The summed E-state index contributed by atoms with van der Waals surface area (Å²) in [5.74, 6) is -1.51. The molecule has 1 heterocycles. The van der Waals surface area contributed by atoms with Crippen LogP contribution in [-0.2, 0) is 27.4 Å². The quantitative estimate of drug-likeness (QED) is 0.589. The van der Waals surface area contributed by atoms with Gasteiger partial charge in [-0.15, -0.1) is 0 Å². The molecule has 30 heavy (non-hydrogen) atoms. The number of hydrogen-bond donors (Lipinski definition) is 2. The van der Waals surface area contributed by atoms with Crippen molar-refractivity contribution in [2.45, 2.75) is 17.5 Å². The predicted molar refractivity (Wildman–Crippen MR) is 98.2 cm³/mol. The summed E-state index contributed by atoms with van der Waals surface area (Å²) in [5.41, 5.74) is 3.79. The molecule has 0 spiro atoms. The minimum Gasteiger partial charge on any atom is -0.369 e. The molecule has 7 nitrogen and oxygen atoms in total. The molecule has 0 aliphatic heterocycles. The van der Waals surface area contributed by atoms with Gasteiger partial charge in [0.05, 0.1) is 23.9 Å². The Hall–Kier alpha value is -3.25. The number of halogens is 4. The zero-order valence-corrected chi connectivity index (χ0v) is 15.8. The molecule has 3 aromatic rings. The first-order valence-corrected chi connectivity index (χ1v) is 9.77. The van der Waals surface area contributed by atoms with Crippen LogP contribution in [0.1, 0.15) is 11.1 Å². The van der Waals surface area contributed by atoms with Crippen LogP contribution in [0.15, 0.2) is 53.7 Å². The summed E-state index contributed by atoms with van der Waals surface area (Å²) < 4.78 is 78.3. The Labute approximate surface area is 168 Å². The number of primary sulfonamides is 1. The van der Waals surface area contributed by atoms with Gasteiger partial charge in [0.15, 0.2) is 0 Å². The summed E-state index contributed by atoms with van der Waals surface area (Å²) in [6.07, 6.45) is -4.02. The number of sulfonamides is 1. The molecule has 0 unspecified atom stereocenters. The second-order valence-corrected chi connectivity index (χ2v) is 7.82. The fourth-order valence-corrected chi connectivity index (χ4v) is 3.96. The fraction of sp³-hybridized carbons (Fsp3) is 0.111. The van der Waals surface area contributed by atoms with Gasteiger partial charge >= 0.3 is 6.18 Å². The van der Waals surface area contributed by atoms with Gasteiger partial charge in [-0.2, -0.15) is 18.3 Å². The van der Waals surface area contributed by atoms with Crippen molar-refractivity contribution in [1.82, 2.24) is 9.78 Å². The van der Waals surface area contributed by atoms with Crippen molar-refractivity contribution in [2.75, 3.05) is 0 Å². The SMILES string of the molecule is NC(=O)Cc1ccc(-n2cc(C(F)(F)F)cn2)c(S(N)(=O)=O)c1-c1cccc(F)c1. The van der Waals surface area contributed by atoms with E-state index in [1.54, 1.807) is 0 Å². The minimum atomic E-state index is -4.71. The lowest BCUT2D eigenvalue weighted by Crippen LogP contribution is -2.20. The maximum atomic E-state index is 13.8. The van der Waals surface area contributed by atoms with Gasteiger partial charge < -0.3 is 5.73 Å². The maximum Gasteiger partial charge on any atom is 0.419 e. The number of primary amides is 1.